The van der Waals surface area contributed by atoms with Gasteiger partial charge >= 0.3 is 12.0 Å². The molecule has 0 radical (unpaired) electrons. The predicted octanol–water partition coefficient (Wildman–Crippen LogP) is 0.679. The summed E-state index contributed by atoms with van der Waals surface area (Å²) in [7, 11) is 0. The summed E-state index contributed by atoms with van der Waals surface area (Å²) in [5, 5.41) is 15.4. The summed E-state index contributed by atoms with van der Waals surface area (Å²) in [6, 6.07) is 0.513. The summed E-state index contributed by atoms with van der Waals surface area (Å²) >= 11 is 0. The van der Waals surface area contributed by atoms with Gasteiger partial charge in [-0.05, 0) is 12.3 Å². The van der Waals surface area contributed by atoms with Gasteiger partial charge in [-0.2, -0.15) is 0 Å². The molecule has 2 amide bonds. The molecule has 2 heterocycles. The summed E-state index contributed by atoms with van der Waals surface area (Å²) in [5.74, 6) is -0.989. The van der Waals surface area contributed by atoms with Crippen molar-refractivity contribution in [2.24, 2.45) is 5.92 Å². The average molecular weight is 253 g/mol. The van der Waals surface area contributed by atoms with E-state index in [1.807, 2.05) is 6.92 Å². The van der Waals surface area contributed by atoms with Crippen molar-refractivity contribution < 1.29 is 19.2 Å². The molecule has 1 aliphatic rings. The van der Waals surface area contributed by atoms with Gasteiger partial charge in [-0.3, -0.25) is 0 Å². The van der Waals surface area contributed by atoms with Crippen LogP contribution in [-0.2, 0) is 11.3 Å². The van der Waals surface area contributed by atoms with E-state index in [0.29, 0.717) is 18.7 Å². The zero-order valence-corrected chi connectivity index (χ0v) is 10.00. The van der Waals surface area contributed by atoms with E-state index in [1.165, 1.54) is 11.2 Å². The molecule has 2 unspecified atom stereocenters. The van der Waals surface area contributed by atoms with Crippen molar-refractivity contribution in [3.63, 3.8) is 0 Å². The van der Waals surface area contributed by atoms with Crippen LogP contribution >= 0.6 is 0 Å². The number of aliphatic carboxylic acids is 1. The van der Waals surface area contributed by atoms with Crippen molar-refractivity contribution in [2.75, 3.05) is 6.54 Å². The SMILES string of the molecule is CC1CCN(C(=O)NCc2ccon2)C1C(=O)O. The highest BCUT2D eigenvalue weighted by molar-refractivity contribution is 5.83. The second kappa shape index (κ2) is 5.07. The molecule has 0 bridgehead atoms. The number of amides is 2. The largest absolute Gasteiger partial charge is 0.480 e. The number of carboxylic acids is 1. The number of nitrogens with zero attached hydrogens (tertiary/aromatic N) is 2. The molecule has 18 heavy (non-hydrogen) atoms. The lowest BCUT2D eigenvalue weighted by atomic mass is 10.0. The van der Waals surface area contributed by atoms with Crippen LogP contribution in [0.1, 0.15) is 19.0 Å². The standard InChI is InChI=1S/C11H15N3O4/c1-7-2-4-14(9(7)10(15)16)11(17)12-6-8-3-5-18-13-8/h3,5,7,9H,2,4,6H2,1H3,(H,12,17)(H,15,16). The van der Waals surface area contributed by atoms with Crippen LogP contribution in [0.15, 0.2) is 16.9 Å². The van der Waals surface area contributed by atoms with Crippen LogP contribution in [0.5, 0.6) is 0 Å². The highest BCUT2D eigenvalue weighted by Crippen LogP contribution is 2.24. The molecule has 2 atom stereocenters. The summed E-state index contributed by atoms with van der Waals surface area (Å²) in [4.78, 5) is 24.4. The van der Waals surface area contributed by atoms with Crippen LogP contribution in [0.4, 0.5) is 4.79 Å². The first-order valence-electron chi connectivity index (χ1n) is 5.76. The Labute approximate surface area is 104 Å². The molecular weight excluding hydrogens is 238 g/mol. The molecule has 0 aromatic carbocycles. The van der Waals surface area contributed by atoms with E-state index in [0.717, 1.165) is 0 Å². The Kier molecular flexibility index (Phi) is 3.50. The normalized spacial score (nSPS) is 23.1. The maximum absolute atomic E-state index is 11.9. The molecule has 1 aromatic rings. The van der Waals surface area contributed by atoms with Gasteiger partial charge in [0.2, 0.25) is 0 Å². The number of rotatable bonds is 3. The van der Waals surface area contributed by atoms with Gasteiger partial charge in [0.05, 0.1) is 6.54 Å². The maximum Gasteiger partial charge on any atom is 0.326 e. The number of carbonyl (C=O) groups excluding carboxylic acids is 1. The number of aromatic nitrogens is 1. The van der Waals surface area contributed by atoms with Gasteiger partial charge in [0.1, 0.15) is 18.0 Å². The van der Waals surface area contributed by atoms with Crippen LogP contribution < -0.4 is 5.32 Å². The molecule has 7 nitrogen and oxygen atoms in total. The van der Waals surface area contributed by atoms with Gasteiger partial charge < -0.3 is 19.8 Å². The van der Waals surface area contributed by atoms with Gasteiger partial charge in [0.25, 0.3) is 0 Å². The molecule has 0 saturated carbocycles. The smallest absolute Gasteiger partial charge is 0.326 e. The van der Waals surface area contributed by atoms with Gasteiger partial charge in [0.15, 0.2) is 0 Å². The van der Waals surface area contributed by atoms with E-state index in [2.05, 4.69) is 15.0 Å². The molecule has 0 aliphatic carbocycles. The molecule has 1 saturated heterocycles. The molecular formula is C11H15N3O4. The highest BCUT2D eigenvalue weighted by atomic mass is 16.5. The quantitative estimate of drug-likeness (QED) is 0.825. The van der Waals surface area contributed by atoms with Crippen LogP contribution in [0.3, 0.4) is 0 Å². The molecule has 98 valence electrons. The molecule has 1 aromatic heterocycles. The number of hydrogen-bond acceptors (Lipinski definition) is 4. The van der Waals surface area contributed by atoms with E-state index in [4.69, 9.17) is 5.11 Å². The minimum absolute atomic E-state index is 0.0275. The third kappa shape index (κ3) is 2.44. The fourth-order valence-electron chi connectivity index (χ4n) is 2.15. The molecule has 1 fully saturated rings. The third-order valence-electron chi connectivity index (χ3n) is 3.13. The lowest BCUT2D eigenvalue weighted by molar-refractivity contribution is -0.142. The van der Waals surface area contributed by atoms with Crippen LogP contribution in [-0.4, -0.2) is 39.8 Å². The molecule has 2 N–H and O–H groups in total. The van der Waals surface area contributed by atoms with E-state index >= 15 is 0 Å². The van der Waals surface area contributed by atoms with Crippen LogP contribution in [0, 0.1) is 5.92 Å². The van der Waals surface area contributed by atoms with Crippen molar-refractivity contribution in [1.82, 2.24) is 15.4 Å². The zero-order chi connectivity index (χ0) is 13.1. The van der Waals surface area contributed by atoms with Crippen LogP contribution in [0.2, 0.25) is 0 Å². The summed E-state index contributed by atoms with van der Waals surface area (Å²) in [6.45, 7) is 2.53. The average Bonchev–Trinajstić information content (AvgIpc) is 2.94. The Morgan fingerprint density at radius 1 is 1.67 bits per heavy atom. The van der Waals surface area contributed by atoms with E-state index in [-0.39, 0.29) is 18.5 Å². The Hall–Kier alpha value is -2.05. The third-order valence-corrected chi connectivity index (χ3v) is 3.13. The molecule has 1 aliphatic heterocycles. The second-order valence-electron chi connectivity index (χ2n) is 4.39. The lowest BCUT2D eigenvalue weighted by Gasteiger charge is -2.23. The number of carboxylic acid groups (broad SMARTS) is 1. The highest BCUT2D eigenvalue weighted by Gasteiger charge is 2.39. The first kappa shape index (κ1) is 12.4. The lowest BCUT2D eigenvalue weighted by Crippen LogP contribution is -2.47. The van der Waals surface area contributed by atoms with Crippen LogP contribution in [0.25, 0.3) is 0 Å². The summed E-state index contributed by atoms with van der Waals surface area (Å²) in [5.41, 5.74) is 0.600. The van der Waals surface area contributed by atoms with E-state index in [9.17, 15) is 9.59 Å². The predicted molar refractivity (Wildman–Crippen MR) is 60.6 cm³/mol. The van der Waals surface area contributed by atoms with Crippen molar-refractivity contribution in [3.05, 3.63) is 18.0 Å². The van der Waals surface area contributed by atoms with Gasteiger partial charge in [-0.1, -0.05) is 12.1 Å². The number of urea groups is 1. The first-order valence-corrected chi connectivity index (χ1v) is 5.76. The van der Waals surface area contributed by atoms with Gasteiger partial charge in [0, 0.05) is 12.6 Å². The molecule has 2 rings (SSSR count). The van der Waals surface area contributed by atoms with Crippen molar-refractivity contribution >= 4 is 12.0 Å². The number of nitrogens with one attached hydrogen (secondary N) is 1. The van der Waals surface area contributed by atoms with E-state index < -0.39 is 12.0 Å². The Morgan fingerprint density at radius 3 is 3.06 bits per heavy atom. The topological polar surface area (TPSA) is 95.7 Å². The second-order valence-corrected chi connectivity index (χ2v) is 4.39. The van der Waals surface area contributed by atoms with Gasteiger partial charge in [-0.15, -0.1) is 0 Å². The fourth-order valence-corrected chi connectivity index (χ4v) is 2.15. The number of hydrogen-bond donors (Lipinski definition) is 2. The fraction of sp³-hybridized carbons (Fsp3) is 0.545. The van der Waals surface area contributed by atoms with E-state index in [1.54, 1.807) is 6.07 Å². The van der Waals surface area contributed by atoms with Crippen molar-refractivity contribution in [2.45, 2.75) is 25.9 Å². The minimum Gasteiger partial charge on any atom is -0.480 e. The minimum atomic E-state index is -0.961. The van der Waals surface area contributed by atoms with Crippen molar-refractivity contribution in [3.8, 4) is 0 Å². The maximum atomic E-state index is 11.9. The number of likely N-dealkylation sites (tertiary alicyclic amines) is 1. The number of carbonyl (C=O) groups is 2. The summed E-state index contributed by atoms with van der Waals surface area (Å²) in [6.07, 6.45) is 2.12. The monoisotopic (exact) mass is 253 g/mol. The molecule has 0 spiro atoms. The van der Waals surface area contributed by atoms with Crippen molar-refractivity contribution in [1.29, 1.82) is 0 Å². The Balaban J connectivity index is 1.94. The van der Waals surface area contributed by atoms with Gasteiger partial charge in [-0.25, -0.2) is 9.59 Å². The first-order chi connectivity index (χ1) is 8.59. The Morgan fingerprint density at radius 2 is 2.44 bits per heavy atom. The molecule has 7 heteroatoms. The summed E-state index contributed by atoms with van der Waals surface area (Å²) < 4.78 is 4.64. The zero-order valence-electron chi connectivity index (χ0n) is 10.00. The Bertz CT molecular complexity index is 432.